The van der Waals surface area contributed by atoms with E-state index in [2.05, 4.69) is 24.2 Å². The highest BCUT2D eigenvalue weighted by atomic mass is 15.1. The average Bonchev–Trinajstić information content (AvgIpc) is 2.12. The molecule has 0 radical (unpaired) electrons. The van der Waals surface area contributed by atoms with E-state index in [4.69, 9.17) is 0 Å². The molecule has 2 rings (SSSR count). The Morgan fingerprint density at radius 2 is 2.07 bits per heavy atom. The topological polar surface area (TPSA) is 15.3 Å². The third-order valence-corrected chi connectivity index (χ3v) is 4.29. The van der Waals surface area contributed by atoms with E-state index in [-0.39, 0.29) is 0 Å². The summed E-state index contributed by atoms with van der Waals surface area (Å²) in [7, 11) is 2.24. The Bertz CT molecular complexity index is 189. The van der Waals surface area contributed by atoms with E-state index in [9.17, 15) is 0 Å². The Hall–Kier alpha value is -0.0800. The minimum Gasteiger partial charge on any atom is -0.314 e. The van der Waals surface area contributed by atoms with Gasteiger partial charge in [-0.15, -0.1) is 0 Å². The number of piperidine rings is 1. The van der Waals surface area contributed by atoms with Gasteiger partial charge in [-0.1, -0.05) is 26.2 Å². The quantitative estimate of drug-likeness (QED) is 0.764. The fourth-order valence-corrected chi connectivity index (χ4v) is 2.91. The summed E-state index contributed by atoms with van der Waals surface area (Å²) < 4.78 is 0. The molecule has 1 saturated carbocycles. The van der Waals surface area contributed by atoms with Crippen molar-refractivity contribution in [1.29, 1.82) is 0 Å². The number of hydrogen-bond acceptors (Lipinski definition) is 2. The summed E-state index contributed by atoms with van der Waals surface area (Å²) in [5, 5.41) is 3.76. The normalized spacial score (nSPS) is 34.0. The lowest BCUT2D eigenvalue weighted by atomic mass is 9.83. The van der Waals surface area contributed by atoms with Crippen molar-refractivity contribution in [3.8, 4) is 0 Å². The minimum atomic E-state index is 0.779. The molecule has 1 aliphatic carbocycles. The van der Waals surface area contributed by atoms with Gasteiger partial charge in [0, 0.05) is 12.6 Å². The van der Waals surface area contributed by atoms with Gasteiger partial charge in [-0.25, -0.2) is 0 Å². The molecule has 2 unspecified atom stereocenters. The zero-order valence-corrected chi connectivity index (χ0v) is 10.3. The van der Waals surface area contributed by atoms with Crippen LogP contribution in [-0.4, -0.2) is 37.6 Å². The average molecular weight is 210 g/mol. The largest absolute Gasteiger partial charge is 0.314 e. The summed E-state index contributed by atoms with van der Waals surface area (Å²) in [6.45, 7) is 6.17. The molecule has 15 heavy (non-hydrogen) atoms. The molecule has 1 N–H and O–H groups in total. The van der Waals surface area contributed by atoms with Crippen LogP contribution in [0.4, 0.5) is 0 Å². The molecule has 0 aromatic rings. The molecule has 1 aliphatic heterocycles. The van der Waals surface area contributed by atoms with Crippen LogP contribution in [0.5, 0.6) is 0 Å². The molecule has 2 fully saturated rings. The molecular formula is C13H26N2. The highest BCUT2D eigenvalue weighted by Gasteiger charge is 2.24. The summed E-state index contributed by atoms with van der Waals surface area (Å²) in [5.41, 5.74) is 0. The highest BCUT2D eigenvalue weighted by Crippen LogP contribution is 2.29. The molecule has 0 amide bonds. The lowest BCUT2D eigenvalue weighted by Gasteiger charge is -2.36. The van der Waals surface area contributed by atoms with Crippen LogP contribution in [0.1, 0.15) is 39.0 Å². The predicted molar refractivity (Wildman–Crippen MR) is 65.0 cm³/mol. The van der Waals surface area contributed by atoms with Crippen molar-refractivity contribution in [2.75, 3.05) is 26.7 Å². The Kier molecular flexibility index (Phi) is 4.04. The molecule has 2 atom stereocenters. The molecule has 2 nitrogen and oxygen atoms in total. The minimum absolute atomic E-state index is 0.779. The third-order valence-electron chi connectivity index (χ3n) is 4.29. The monoisotopic (exact) mass is 210 g/mol. The van der Waals surface area contributed by atoms with Crippen LogP contribution in [0.2, 0.25) is 0 Å². The van der Waals surface area contributed by atoms with Gasteiger partial charge in [0.25, 0.3) is 0 Å². The second kappa shape index (κ2) is 5.31. The van der Waals surface area contributed by atoms with Crippen LogP contribution in [0.25, 0.3) is 0 Å². The van der Waals surface area contributed by atoms with Gasteiger partial charge < -0.3 is 10.2 Å². The first-order valence-corrected chi connectivity index (χ1v) is 6.67. The zero-order valence-electron chi connectivity index (χ0n) is 10.3. The maximum absolute atomic E-state index is 3.76. The summed E-state index contributed by atoms with van der Waals surface area (Å²) in [6, 6.07) is 0.779. The van der Waals surface area contributed by atoms with Gasteiger partial charge in [0.2, 0.25) is 0 Å². The molecular weight excluding hydrogens is 184 g/mol. The molecule has 0 bridgehead atoms. The molecule has 0 spiro atoms. The molecule has 1 saturated heterocycles. The third kappa shape index (κ3) is 3.18. The van der Waals surface area contributed by atoms with E-state index >= 15 is 0 Å². The molecule has 0 aromatic carbocycles. The smallest absolute Gasteiger partial charge is 0.0117 e. The summed E-state index contributed by atoms with van der Waals surface area (Å²) in [5.74, 6) is 1.88. The van der Waals surface area contributed by atoms with Gasteiger partial charge in [0.15, 0.2) is 0 Å². The van der Waals surface area contributed by atoms with E-state index in [1.165, 1.54) is 51.7 Å². The van der Waals surface area contributed by atoms with Crippen LogP contribution in [0, 0.1) is 11.8 Å². The highest BCUT2D eigenvalue weighted by molar-refractivity contribution is 4.82. The van der Waals surface area contributed by atoms with E-state index in [0.29, 0.717) is 0 Å². The number of nitrogens with zero attached hydrogens (tertiary/aromatic N) is 1. The van der Waals surface area contributed by atoms with Crippen LogP contribution < -0.4 is 5.32 Å². The second-order valence-corrected chi connectivity index (χ2v) is 5.67. The first-order valence-electron chi connectivity index (χ1n) is 6.67. The van der Waals surface area contributed by atoms with E-state index in [1.807, 2.05) is 0 Å². The van der Waals surface area contributed by atoms with Gasteiger partial charge in [-0.05, 0) is 44.8 Å². The Balaban J connectivity index is 1.61. The molecule has 0 aromatic heterocycles. The van der Waals surface area contributed by atoms with Crippen molar-refractivity contribution in [3.05, 3.63) is 0 Å². The second-order valence-electron chi connectivity index (χ2n) is 5.67. The van der Waals surface area contributed by atoms with Crippen LogP contribution in [0.15, 0.2) is 0 Å². The van der Waals surface area contributed by atoms with Crippen LogP contribution in [-0.2, 0) is 0 Å². The van der Waals surface area contributed by atoms with Gasteiger partial charge in [0.05, 0.1) is 0 Å². The lowest BCUT2D eigenvalue weighted by Crippen LogP contribution is -2.47. The van der Waals surface area contributed by atoms with Crippen molar-refractivity contribution in [3.63, 3.8) is 0 Å². The maximum atomic E-state index is 3.76. The number of hydrogen-bond donors (Lipinski definition) is 1. The van der Waals surface area contributed by atoms with Crippen molar-refractivity contribution in [2.45, 2.75) is 45.1 Å². The predicted octanol–water partition coefficient (Wildman–Crippen LogP) is 2.11. The lowest BCUT2D eigenvalue weighted by molar-refractivity contribution is 0.171. The summed E-state index contributed by atoms with van der Waals surface area (Å²) in [4.78, 5) is 2.45. The van der Waals surface area contributed by atoms with Gasteiger partial charge in [-0.2, -0.15) is 0 Å². The molecule has 88 valence electrons. The van der Waals surface area contributed by atoms with E-state index in [1.54, 1.807) is 0 Å². The van der Waals surface area contributed by atoms with Crippen molar-refractivity contribution in [1.82, 2.24) is 10.2 Å². The van der Waals surface area contributed by atoms with Crippen molar-refractivity contribution in [2.24, 2.45) is 11.8 Å². The van der Waals surface area contributed by atoms with Gasteiger partial charge in [-0.3, -0.25) is 0 Å². The van der Waals surface area contributed by atoms with Crippen molar-refractivity contribution < 1.29 is 0 Å². The Morgan fingerprint density at radius 3 is 2.67 bits per heavy atom. The van der Waals surface area contributed by atoms with Gasteiger partial charge >= 0.3 is 0 Å². The number of nitrogens with one attached hydrogen (secondary N) is 1. The zero-order chi connectivity index (χ0) is 10.7. The Labute approximate surface area is 94.4 Å². The number of rotatable bonds is 4. The molecule has 2 aliphatic rings. The standard InChI is InChI=1S/C13H26N2/c1-11-10-15(2)9-7-13(11)14-8-6-12-4-3-5-12/h11-14H,3-10H2,1-2H3. The van der Waals surface area contributed by atoms with E-state index in [0.717, 1.165) is 17.9 Å². The molecule has 1 heterocycles. The van der Waals surface area contributed by atoms with Crippen molar-refractivity contribution >= 4 is 0 Å². The maximum Gasteiger partial charge on any atom is 0.0117 e. The summed E-state index contributed by atoms with van der Waals surface area (Å²) in [6.07, 6.45) is 7.21. The Morgan fingerprint density at radius 1 is 1.27 bits per heavy atom. The fourth-order valence-electron chi connectivity index (χ4n) is 2.91. The van der Waals surface area contributed by atoms with Crippen LogP contribution >= 0.6 is 0 Å². The SMILES string of the molecule is CC1CN(C)CCC1NCCC1CCC1. The summed E-state index contributed by atoms with van der Waals surface area (Å²) >= 11 is 0. The first kappa shape index (κ1) is 11.4. The van der Waals surface area contributed by atoms with E-state index < -0.39 is 0 Å². The van der Waals surface area contributed by atoms with Crippen LogP contribution in [0.3, 0.4) is 0 Å². The first-order chi connectivity index (χ1) is 7.25. The van der Waals surface area contributed by atoms with Gasteiger partial charge in [0.1, 0.15) is 0 Å². The number of likely N-dealkylation sites (tertiary alicyclic amines) is 1. The molecule has 2 heteroatoms. The fraction of sp³-hybridized carbons (Fsp3) is 1.00.